The van der Waals surface area contributed by atoms with Crippen LogP contribution in [0.25, 0.3) is 0 Å². The summed E-state index contributed by atoms with van der Waals surface area (Å²) < 4.78 is 4.94. The van der Waals surface area contributed by atoms with Gasteiger partial charge < -0.3 is 65.0 Å². The second kappa shape index (κ2) is 96.7. The van der Waals surface area contributed by atoms with Crippen LogP contribution in [0.1, 0.15) is 12.8 Å². The van der Waals surface area contributed by atoms with Gasteiger partial charge in [-0.3, -0.25) is 29.3 Å². The average molecular weight is 583 g/mol. The Morgan fingerprint density at radius 2 is 0.394 bits per heavy atom. The molecule has 0 aromatic rings. The Balaban J connectivity index is -0.00000000719. The quantitative estimate of drug-likeness (QED) is 0.240. The molecule has 1 fully saturated rings. The van der Waals surface area contributed by atoms with E-state index in [2.05, 4.69) is 0 Å². The molecule has 0 bridgehead atoms. The van der Waals surface area contributed by atoms with Crippen LogP contribution in [0, 0.1) is 0 Å². The first-order valence-corrected chi connectivity index (χ1v) is 4.91. The van der Waals surface area contributed by atoms with E-state index in [1.165, 1.54) is 12.8 Å². The van der Waals surface area contributed by atoms with Crippen molar-refractivity contribution in [1.29, 1.82) is 0 Å². The van der Waals surface area contributed by atoms with Gasteiger partial charge in [-0.1, -0.05) is 0 Å². The molecule has 0 spiro atoms. The van der Waals surface area contributed by atoms with Gasteiger partial charge in [0.05, 0.1) is 0 Å². The number of ether oxygens (including phenoxy) is 1. The van der Waals surface area contributed by atoms with E-state index in [1.807, 2.05) is 0 Å². The van der Waals surface area contributed by atoms with E-state index in [9.17, 15) is 0 Å². The fourth-order valence-corrected chi connectivity index (χ4v) is 0.510. The third-order valence-electron chi connectivity index (χ3n) is 0.827. The summed E-state index contributed by atoms with van der Waals surface area (Å²) in [6.45, 7) is 2.00. The number of rotatable bonds is 0. The summed E-state index contributed by atoms with van der Waals surface area (Å²) in [6, 6.07) is 0. The van der Waals surface area contributed by atoms with Gasteiger partial charge in [-0.2, -0.15) is 0 Å². The second-order valence-corrected chi connectivity index (χ2v) is 2.47. The monoisotopic (exact) mass is 584 g/mol. The molecule has 1 aliphatic heterocycles. The van der Waals surface area contributed by atoms with Gasteiger partial charge >= 0.3 is 355 Å². The summed E-state index contributed by atoms with van der Waals surface area (Å²) in [4.78, 5) is 0. The van der Waals surface area contributed by atoms with Crippen molar-refractivity contribution in [2.75, 3.05) is 13.2 Å². The Kier molecular flexibility index (Phi) is 304. The first kappa shape index (κ1) is 104. The van der Waals surface area contributed by atoms with Crippen LogP contribution in [0.15, 0.2) is 0 Å². The third-order valence-corrected chi connectivity index (χ3v) is 0.827. The van der Waals surface area contributed by atoms with Gasteiger partial charge in [0.1, 0.15) is 0 Å². The van der Waals surface area contributed by atoms with Crippen molar-refractivity contribution in [3.05, 3.63) is 0 Å². The van der Waals surface area contributed by atoms with E-state index in [1.54, 1.807) is 0 Å². The SMILES string of the molecule is C1CCOC1.[Na+].[Na+].[Na+].[Na+].[Na+].[Na+].[Na+].[Na+].[Na+].[Na+].[Na+].[Na+].[O-]B([O-])[O-].[O-]B([O-])[O-].[O-]B([O-])[O-].[O-]B([O-])[O-]. The topological polar surface area (TPSA) is 286 Å². The molecule has 0 aromatic heterocycles. The van der Waals surface area contributed by atoms with Crippen molar-refractivity contribution < 1.29 is 420 Å². The molecule has 1 heterocycles. The van der Waals surface area contributed by atoms with Gasteiger partial charge in [-0.05, 0) is 12.8 Å². The maximum atomic E-state index is 8.42. The molecule has 126 valence electrons. The molecule has 0 atom stereocenters. The first-order chi connectivity index (χ1) is 9.43. The van der Waals surface area contributed by atoms with E-state index >= 15 is 0 Å². The van der Waals surface area contributed by atoms with Crippen LogP contribution in [0.2, 0.25) is 0 Å². The van der Waals surface area contributed by atoms with Crippen LogP contribution < -0.4 is 415 Å². The van der Waals surface area contributed by atoms with Crippen LogP contribution in [-0.4, -0.2) is 42.5 Å². The van der Waals surface area contributed by atoms with E-state index < -0.39 is 29.3 Å². The average Bonchev–Trinajstić information content (AvgIpc) is 2.68. The van der Waals surface area contributed by atoms with Crippen LogP contribution in [0.5, 0.6) is 0 Å². The minimum Gasteiger partial charge on any atom is -0.907 e. The maximum Gasteiger partial charge on any atom is 1.00 e. The summed E-state index contributed by atoms with van der Waals surface area (Å²) in [7, 11) is -11.7. The van der Waals surface area contributed by atoms with Gasteiger partial charge in [-0.25, -0.2) is 0 Å². The molecule has 0 amide bonds. The molecule has 1 aliphatic rings. The van der Waals surface area contributed by atoms with Crippen molar-refractivity contribution in [2.45, 2.75) is 12.8 Å². The molecule has 33 heavy (non-hydrogen) atoms. The minimum atomic E-state index is -2.92. The van der Waals surface area contributed by atoms with Gasteiger partial charge in [0.2, 0.25) is 0 Å². The summed E-state index contributed by atoms with van der Waals surface area (Å²) in [5, 5.41) is 101. The van der Waals surface area contributed by atoms with E-state index in [4.69, 9.17) is 65.0 Å². The summed E-state index contributed by atoms with van der Waals surface area (Å²) in [5.41, 5.74) is 0. The normalized spacial score (nSPS) is 6.91. The number of hydrogen-bond donors (Lipinski definition) is 0. The van der Waals surface area contributed by atoms with Gasteiger partial charge in [0, 0.05) is 13.2 Å². The number of hydrogen-bond acceptors (Lipinski definition) is 13. The predicted octanol–water partition coefficient (Wildman–Crippen LogP) is -50.9. The zero-order chi connectivity index (χ0) is 17.8. The Labute approximate surface area is 462 Å². The van der Waals surface area contributed by atoms with Gasteiger partial charge in [0.25, 0.3) is 0 Å². The molecule has 0 aliphatic carbocycles. The zero-order valence-corrected chi connectivity index (χ0v) is 46.4. The molecular formula is C4H8B4Na12O13. The largest absolute Gasteiger partial charge is 1.00 e. The summed E-state index contributed by atoms with van der Waals surface area (Å²) in [6.07, 6.45) is 2.56. The smallest absolute Gasteiger partial charge is 0.907 e. The molecule has 0 saturated carbocycles. The minimum absolute atomic E-state index is 0. The molecule has 1 saturated heterocycles. The van der Waals surface area contributed by atoms with Crippen LogP contribution >= 0.6 is 0 Å². The molecular weight excluding hydrogens is 575 g/mol. The molecule has 13 nitrogen and oxygen atoms in total. The Hall–Kier alpha value is 11.7. The standard InChI is InChI=1S/C4H8O.4BO3.12Na/c1-2-4-5-3-1;4*2-1(3)4;;;;;;;;;;;;/h1-4H2;;;;;;;;;;;;;;;;/q;4*-3;12*+1. The molecule has 0 unspecified atom stereocenters. The van der Waals surface area contributed by atoms with Crippen molar-refractivity contribution >= 4 is 29.3 Å². The fraction of sp³-hybridized carbons (Fsp3) is 1.00. The van der Waals surface area contributed by atoms with Crippen LogP contribution in [0.4, 0.5) is 0 Å². The van der Waals surface area contributed by atoms with E-state index in [0.717, 1.165) is 13.2 Å². The third kappa shape index (κ3) is 272. The Morgan fingerprint density at radius 1 is 0.303 bits per heavy atom. The molecule has 0 aromatic carbocycles. The summed E-state index contributed by atoms with van der Waals surface area (Å²) in [5.74, 6) is 0. The molecule has 1 rings (SSSR count). The van der Waals surface area contributed by atoms with E-state index in [0.29, 0.717) is 0 Å². The van der Waals surface area contributed by atoms with Crippen molar-refractivity contribution in [3.8, 4) is 0 Å². The van der Waals surface area contributed by atoms with Crippen LogP contribution in [-0.2, 0) is 4.74 Å². The van der Waals surface area contributed by atoms with Gasteiger partial charge in [-0.15, -0.1) is 0 Å². The molecule has 0 N–H and O–H groups in total. The Bertz CT molecular complexity index is 144. The fourth-order valence-electron chi connectivity index (χ4n) is 0.510. The van der Waals surface area contributed by atoms with Gasteiger partial charge in [0.15, 0.2) is 0 Å². The van der Waals surface area contributed by atoms with E-state index in [-0.39, 0.29) is 355 Å². The van der Waals surface area contributed by atoms with Crippen molar-refractivity contribution in [2.24, 2.45) is 0 Å². The molecule has 0 radical (unpaired) electrons. The van der Waals surface area contributed by atoms with Crippen molar-refractivity contribution in [3.63, 3.8) is 0 Å². The maximum absolute atomic E-state index is 8.42. The predicted molar refractivity (Wildman–Crippen MR) is 43.1 cm³/mol. The second-order valence-electron chi connectivity index (χ2n) is 2.47. The Morgan fingerprint density at radius 3 is 0.424 bits per heavy atom. The zero-order valence-electron chi connectivity index (χ0n) is 22.4. The van der Waals surface area contributed by atoms with Crippen molar-refractivity contribution in [1.82, 2.24) is 0 Å². The van der Waals surface area contributed by atoms with Crippen LogP contribution in [0.3, 0.4) is 0 Å². The first-order valence-electron chi connectivity index (χ1n) is 4.91. The molecule has 29 heteroatoms. The summed E-state index contributed by atoms with van der Waals surface area (Å²) >= 11 is 0.